The van der Waals surface area contributed by atoms with Crippen molar-refractivity contribution in [2.75, 3.05) is 13.1 Å². The minimum Gasteiger partial charge on any atom is -0.341 e. The van der Waals surface area contributed by atoms with E-state index in [0.717, 1.165) is 25.9 Å². The van der Waals surface area contributed by atoms with Gasteiger partial charge in [-0.25, -0.2) is 9.07 Å². The lowest BCUT2D eigenvalue weighted by molar-refractivity contribution is -0.136. The van der Waals surface area contributed by atoms with Gasteiger partial charge in [-0.15, -0.1) is 0 Å². The average Bonchev–Trinajstić information content (AvgIpc) is 2.62. The van der Waals surface area contributed by atoms with Gasteiger partial charge in [-0.3, -0.25) is 9.59 Å². The Morgan fingerprint density at radius 1 is 1.16 bits per heavy atom. The number of likely N-dealkylation sites (tertiary alicyclic amines) is 1. The van der Waals surface area contributed by atoms with Gasteiger partial charge in [0.15, 0.2) is 0 Å². The summed E-state index contributed by atoms with van der Waals surface area (Å²) in [5, 5.41) is 4.34. The fourth-order valence-electron chi connectivity index (χ4n) is 3.08. The number of amides is 1. The van der Waals surface area contributed by atoms with E-state index < -0.39 is 6.04 Å². The third-order valence-electron chi connectivity index (χ3n) is 4.78. The number of carbonyl (C=O) groups is 1. The van der Waals surface area contributed by atoms with Gasteiger partial charge < -0.3 is 4.90 Å². The van der Waals surface area contributed by atoms with E-state index in [1.165, 1.54) is 22.9 Å². The zero-order valence-corrected chi connectivity index (χ0v) is 14.5. The molecule has 2 heterocycles. The monoisotopic (exact) mass is 343 g/mol. The van der Waals surface area contributed by atoms with Crippen molar-refractivity contribution >= 4 is 5.91 Å². The normalized spacial score (nSPS) is 16.7. The van der Waals surface area contributed by atoms with Crippen LogP contribution in [0.15, 0.2) is 41.2 Å². The molecule has 0 aliphatic carbocycles. The van der Waals surface area contributed by atoms with E-state index in [9.17, 15) is 14.0 Å². The molecular formula is C19H22FN3O2. The van der Waals surface area contributed by atoms with Crippen molar-refractivity contribution in [3.05, 3.63) is 52.6 Å². The first-order valence-corrected chi connectivity index (χ1v) is 8.60. The van der Waals surface area contributed by atoms with Gasteiger partial charge in [-0.2, -0.15) is 5.10 Å². The fraction of sp³-hybridized carbons (Fsp3) is 0.421. The molecule has 1 fully saturated rings. The standard InChI is InChI=1S/C19H22FN3O2/c1-13-9-11-22(12-10-13)19(25)14(2)23-18(24)8-7-17(21-23)15-3-5-16(20)6-4-15/h3-8,13-14H,9-12H2,1-2H3. The van der Waals surface area contributed by atoms with Crippen molar-refractivity contribution in [2.24, 2.45) is 5.92 Å². The number of halogens is 1. The second-order valence-corrected chi connectivity index (χ2v) is 6.69. The molecule has 1 saturated heterocycles. The van der Waals surface area contributed by atoms with Crippen LogP contribution in [0.4, 0.5) is 4.39 Å². The van der Waals surface area contributed by atoms with Crippen molar-refractivity contribution in [3.63, 3.8) is 0 Å². The number of hydrogen-bond donors (Lipinski definition) is 0. The third-order valence-corrected chi connectivity index (χ3v) is 4.78. The highest BCUT2D eigenvalue weighted by molar-refractivity contribution is 5.80. The molecule has 3 rings (SSSR count). The molecule has 1 amide bonds. The second-order valence-electron chi connectivity index (χ2n) is 6.69. The number of rotatable bonds is 3. The molecule has 0 radical (unpaired) electrons. The molecule has 1 unspecified atom stereocenters. The minimum atomic E-state index is -0.665. The van der Waals surface area contributed by atoms with Crippen molar-refractivity contribution in [3.8, 4) is 11.3 Å². The zero-order chi connectivity index (χ0) is 18.0. The third kappa shape index (κ3) is 3.78. The van der Waals surface area contributed by atoms with Gasteiger partial charge in [0.05, 0.1) is 5.69 Å². The first-order valence-electron chi connectivity index (χ1n) is 8.60. The second kappa shape index (κ2) is 7.17. The first kappa shape index (κ1) is 17.3. The molecular weight excluding hydrogens is 321 g/mol. The van der Waals surface area contributed by atoms with Crippen molar-refractivity contribution in [1.29, 1.82) is 0 Å². The molecule has 1 aromatic heterocycles. The highest BCUT2D eigenvalue weighted by Crippen LogP contribution is 2.20. The Kier molecular flexibility index (Phi) is 4.97. The van der Waals surface area contributed by atoms with Gasteiger partial charge in [0.2, 0.25) is 5.91 Å². The van der Waals surface area contributed by atoms with Crippen LogP contribution in [0.2, 0.25) is 0 Å². The maximum Gasteiger partial charge on any atom is 0.267 e. The highest BCUT2D eigenvalue weighted by atomic mass is 19.1. The minimum absolute atomic E-state index is 0.0854. The van der Waals surface area contributed by atoms with Gasteiger partial charge in [-0.1, -0.05) is 6.92 Å². The highest BCUT2D eigenvalue weighted by Gasteiger charge is 2.26. The molecule has 1 aromatic carbocycles. The summed E-state index contributed by atoms with van der Waals surface area (Å²) in [7, 11) is 0. The topological polar surface area (TPSA) is 55.2 Å². The molecule has 2 aromatic rings. The lowest BCUT2D eigenvalue weighted by Crippen LogP contribution is -2.43. The summed E-state index contributed by atoms with van der Waals surface area (Å²) >= 11 is 0. The molecule has 1 aliphatic heterocycles. The van der Waals surface area contributed by atoms with Crippen LogP contribution >= 0.6 is 0 Å². The predicted molar refractivity (Wildman–Crippen MR) is 93.6 cm³/mol. The van der Waals surface area contributed by atoms with E-state index in [1.807, 2.05) is 4.90 Å². The van der Waals surface area contributed by atoms with Crippen molar-refractivity contribution in [2.45, 2.75) is 32.7 Å². The summed E-state index contributed by atoms with van der Waals surface area (Å²) < 4.78 is 14.3. The van der Waals surface area contributed by atoms with Crippen LogP contribution in [0.5, 0.6) is 0 Å². The first-order chi connectivity index (χ1) is 12.0. The molecule has 0 N–H and O–H groups in total. The summed E-state index contributed by atoms with van der Waals surface area (Å²) in [5.74, 6) is 0.208. The molecule has 0 spiro atoms. The van der Waals surface area contributed by atoms with Crippen LogP contribution < -0.4 is 5.56 Å². The average molecular weight is 343 g/mol. The smallest absolute Gasteiger partial charge is 0.267 e. The number of aromatic nitrogens is 2. The van der Waals surface area contributed by atoms with Gasteiger partial charge >= 0.3 is 0 Å². The number of nitrogens with zero attached hydrogens (tertiary/aromatic N) is 3. The molecule has 1 aliphatic rings. The van der Waals surface area contributed by atoms with Crippen LogP contribution in [0.3, 0.4) is 0 Å². The fourth-order valence-corrected chi connectivity index (χ4v) is 3.08. The van der Waals surface area contributed by atoms with E-state index in [1.54, 1.807) is 25.1 Å². The predicted octanol–water partition coefficient (Wildman–Crippen LogP) is 2.87. The molecule has 0 saturated carbocycles. The molecule has 132 valence electrons. The lowest BCUT2D eigenvalue weighted by Gasteiger charge is -2.32. The summed E-state index contributed by atoms with van der Waals surface area (Å²) in [4.78, 5) is 26.7. The van der Waals surface area contributed by atoms with E-state index in [4.69, 9.17) is 0 Å². The maximum atomic E-state index is 13.1. The lowest BCUT2D eigenvalue weighted by atomic mass is 9.99. The van der Waals surface area contributed by atoms with Crippen LogP contribution in [0.25, 0.3) is 11.3 Å². The van der Waals surface area contributed by atoms with Gasteiger partial charge in [0.1, 0.15) is 11.9 Å². The van der Waals surface area contributed by atoms with Crippen LogP contribution in [-0.4, -0.2) is 33.7 Å². The van der Waals surface area contributed by atoms with Gasteiger partial charge in [0.25, 0.3) is 5.56 Å². The molecule has 25 heavy (non-hydrogen) atoms. The van der Waals surface area contributed by atoms with E-state index in [0.29, 0.717) is 17.2 Å². The summed E-state index contributed by atoms with van der Waals surface area (Å²) in [6.07, 6.45) is 1.97. The van der Waals surface area contributed by atoms with Crippen LogP contribution in [0.1, 0.15) is 32.7 Å². The Hall–Kier alpha value is -2.50. The Labute approximate surface area is 146 Å². The molecule has 5 nitrogen and oxygen atoms in total. The number of benzene rings is 1. The Bertz CT molecular complexity index is 808. The van der Waals surface area contributed by atoms with Crippen molar-refractivity contribution < 1.29 is 9.18 Å². The van der Waals surface area contributed by atoms with Crippen LogP contribution in [-0.2, 0) is 4.79 Å². The SMILES string of the molecule is CC1CCN(C(=O)C(C)n2nc(-c3ccc(F)cc3)ccc2=O)CC1. The molecule has 6 heteroatoms. The summed E-state index contributed by atoms with van der Waals surface area (Å²) in [6.45, 7) is 5.32. The van der Waals surface area contributed by atoms with E-state index >= 15 is 0 Å². The number of piperidine rings is 1. The van der Waals surface area contributed by atoms with Gasteiger partial charge in [0, 0.05) is 24.7 Å². The Balaban J connectivity index is 1.85. The maximum absolute atomic E-state index is 13.1. The van der Waals surface area contributed by atoms with E-state index in [2.05, 4.69) is 12.0 Å². The quantitative estimate of drug-likeness (QED) is 0.861. The molecule has 1 atom stereocenters. The zero-order valence-electron chi connectivity index (χ0n) is 14.5. The largest absolute Gasteiger partial charge is 0.341 e. The summed E-state index contributed by atoms with van der Waals surface area (Å²) in [5.41, 5.74) is 0.908. The number of hydrogen-bond acceptors (Lipinski definition) is 3. The molecule has 0 bridgehead atoms. The van der Waals surface area contributed by atoms with E-state index in [-0.39, 0.29) is 17.3 Å². The van der Waals surface area contributed by atoms with Crippen LogP contribution in [0, 0.1) is 11.7 Å². The Morgan fingerprint density at radius 2 is 1.80 bits per heavy atom. The summed E-state index contributed by atoms with van der Waals surface area (Å²) in [6, 6.07) is 8.21. The number of carbonyl (C=O) groups excluding carboxylic acids is 1. The van der Waals surface area contributed by atoms with Gasteiger partial charge in [-0.05, 0) is 56.0 Å². The Morgan fingerprint density at radius 3 is 2.44 bits per heavy atom. The van der Waals surface area contributed by atoms with Crippen molar-refractivity contribution in [1.82, 2.24) is 14.7 Å².